The highest BCUT2D eigenvalue weighted by atomic mass is 16.5. The van der Waals surface area contributed by atoms with Crippen LogP contribution < -0.4 is 9.47 Å². The monoisotopic (exact) mass is 638 g/mol. The molecule has 4 nitrogen and oxygen atoms in total. The fourth-order valence-corrected chi connectivity index (χ4v) is 5.59. The minimum atomic E-state index is -0.201. The van der Waals surface area contributed by atoms with E-state index in [1.165, 1.54) is 16.7 Å². The van der Waals surface area contributed by atoms with Crippen LogP contribution in [0.25, 0.3) is 0 Å². The maximum atomic E-state index is 13.4. The summed E-state index contributed by atoms with van der Waals surface area (Å²) in [6.45, 7) is 15.2. The van der Waals surface area contributed by atoms with Gasteiger partial charge in [0.1, 0.15) is 17.2 Å². The van der Waals surface area contributed by atoms with Crippen LogP contribution in [-0.4, -0.2) is 17.7 Å². The summed E-state index contributed by atoms with van der Waals surface area (Å²) in [6.07, 6.45) is 2.17. The zero-order valence-corrected chi connectivity index (χ0v) is 29.2. The van der Waals surface area contributed by atoms with Gasteiger partial charge >= 0.3 is 0 Å². The summed E-state index contributed by atoms with van der Waals surface area (Å²) in [4.78, 5) is 26.7. The Hall–Kier alpha value is -4.96. The topological polar surface area (TPSA) is 52.6 Å². The number of benzene rings is 5. The summed E-state index contributed by atoms with van der Waals surface area (Å²) in [5.41, 5.74) is 5.50. The molecule has 0 saturated carbocycles. The van der Waals surface area contributed by atoms with Gasteiger partial charge < -0.3 is 9.47 Å². The van der Waals surface area contributed by atoms with E-state index in [2.05, 4.69) is 72.7 Å². The molecular formula is C44H46O4. The molecule has 1 atom stereocenters. The van der Waals surface area contributed by atoms with E-state index >= 15 is 0 Å². The van der Waals surface area contributed by atoms with Crippen LogP contribution in [0, 0.1) is 0 Å². The second-order valence-corrected chi connectivity index (χ2v) is 13.7. The van der Waals surface area contributed by atoms with E-state index in [0.29, 0.717) is 33.8 Å². The number of ketones is 2. The Kier molecular flexibility index (Phi) is 10.3. The fraction of sp³-hybridized carbons (Fsp3) is 0.273. The zero-order chi connectivity index (χ0) is 34.5. The molecule has 0 bridgehead atoms. The molecule has 0 fully saturated rings. The van der Waals surface area contributed by atoms with Crippen LogP contribution >= 0.6 is 0 Å². The molecule has 0 aliphatic rings. The molecule has 4 heteroatoms. The largest absolute Gasteiger partial charge is 0.491 e. The van der Waals surface area contributed by atoms with Crippen molar-refractivity contribution in [2.24, 2.45) is 0 Å². The minimum absolute atomic E-state index is 0.0489. The van der Waals surface area contributed by atoms with Gasteiger partial charge in [-0.15, -0.1) is 0 Å². The molecule has 0 amide bonds. The van der Waals surface area contributed by atoms with Crippen LogP contribution in [0.1, 0.15) is 110 Å². The summed E-state index contributed by atoms with van der Waals surface area (Å²) in [6, 6.07) is 38.3. The predicted molar refractivity (Wildman–Crippen MR) is 195 cm³/mol. The van der Waals surface area contributed by atoms with E-state index in [9.17, 15) is 9.59 Å². The molecule has 5 rings (SSSR count). The van der Waals surface area contributed by atoms with Crippen molar-refractivity contribution in [3.63, 3.8) is 0 Å². The Morgan fingerprint density at radius 1 is 0.562 bits per heavy atom. The number of carbonyl (C=O) groups is 2. The molecule has 0 spiro atoms. The van der Waals surface area contributed by atoms with Crippen LogP contribution in [0.15, 0.2) is 121 Å². The van der Waals surface area contributed by atoms with Crippen molar-refractivity contribution >= 4 is 11.6 Å². The van der Waals surface area contributed by atoms with Gasteiger partial charge in [0.25, 0.3) is 0 Å². The molecule has 0 aromatic heterocycles. The van der Waals surface area contributed by atoms with Crippen LogP contribution in [0.4, 0.5) is 0 Å². The van der Waals surface area contributed by atoms with Crippen LogP contribution in [-0.2, 0) is 10.8 Å². The lowest BCUT2D eigenvalue weighted by Crippen LogP contribution is -2.18. The molecule has 0 heterocycles. The SMILES string of the molecule is CCC(C)Oc1ccc(C(C)(C)c2ccc(Oc3ccc(C(=O)c4cccc(C(=O)c5ccc(C(C)(C)CC)cc5)c4)cc3)cc2)cc1. The van der Waals surface area contributed by atoms with Crippen molar-refractivity contribution in [1.82, 2.24) is 0 Å². The number of carbonyl (C=O) groups excluding carboxylic acids is 2. The van der Waals surface area contributed by atoms with Crippen LogP contribution in [0.3, 0.4) is 0 Å². The first-order valence-corrected chi connectivity index (χ1v) is 16.9. The third-order valence-corrected chi connectivity index (χ3v) is 9.62. The maximum Gasteiger partial charge on any atom is 0.193 e. The van der Waals surface area contributed by atoms with E-state index in [0.717, 1.165) is 18.6 Å². The second kappa shape index (κ2) is 14.4. The first kappa shape index (κ1) is 34.4. The van der Waals surface area contributed by atoms with Gasteiger partial charge in [-0.3, -0.25) is 9.59 Å². The van der Waals surface area contributed by atoms with Gasteiger partial charge in [-0.05, 0) is 96.5 Å². The standard InChI is InChI=1S/C44H46O4/c1-8-30(3)47-38-25-19-36(20-26-38)44(6,7)37-21-27-40(28-22-37)48-39-23-15-32(16-24-39)42(46)34-12-10-11-33(29-34)41(45)31-13-17-35(18-14-31)43(4,5)9-2/h10-30H,8-9H2,1-7H3. The minimum Gasteiger partial charge on any atom is -0.491 e. The van der Waals surface area contributed by atoms with Gasteiger partial charge in [-0.1, -0.05) is 108 Å². The fourth-order valence-electron chi connectivity index (χ4n) is 5.59. The third-order valence-electron chi connectivity index (χ3n) is 9.62. The van der Waals surface area contributed by atoms with Gasteiger partial charge in [0.05, 0.1) is 6.10 Å². The van der Waals surface area contributed by atoms with Crippen LogP contribution in [0.2, 0.25) is 0 Å². The van der Waals surface area contributed by atoms with Gasteiger partial charge in [-0.25, -0.2) is 0 Å². The summed E-state index contributed by atoms with van der Waals surface area (Å²) >= 11 is 0. The van der Waals surface area contributed by atoms with E-state index in [1.807, 2.05) is 48.5 Å². The molecule has 0 aliphatic heterocycles. The van der Waals surface area contributed by atoms with Crippen molar-refractivity contribution in [2.75, 3.05) is 0 Å². The van der Waals surface area contributed by atoms with Crippen molar-refractivity contribution in [3.05, 3.63) is 160 Å². The summed E-state index contributed by atoms with van der Waals surface area (Å²) in [5, 5.41) is 0. The highest BCUT2D eigenvalue weighted by Gasteiger charge is 2.24. The van der Waals surface area contributed by atoms with E-state index in [1.54, 1.807) is 48.5 Å². The molecule has 0 aliphatic carbocycles. The quantitative estimate of drug-likeness (QED) is 0.120. The maximum absolute atomic E-state index is 13.4. The average molecular weight is 639 g/mol. The lowest BCUT2D eigenvalue weighted by Gasteiger charge is -2.26. The summed E-state index contributed by atoms with van der Waals surface area (Å²) in [7, 11) is 0. The predicted octanol–water partition coefficient (Wildman–Crippen LogP) is 11.1. The lowest BCUT2D eigenvalue weighted by atomic mass is 9.78. The second-order valence-electron chi connectivity index (χ2n) is 13.7. The lowest BCUT2D eigenvalue weighted by molar-refractivity contribution is 0.103. The Morgan fingerprint density at radius 3 is 1.44 bits per heavy atom. The number of ether oxygens (including phenoxy) is 2. The van der Waals surface area contributed by atoms with Gasteiger partial charge in [-0.2, -0.15) is 0 Å². The van der Waals surface area contributed by atoms with Gasteiger partial charge in [0.2, 0.25) is 0 Å². The smallest absolute Gasteiger partial charge is 0.193 e. The molecule has 246 valence electrons. The third kappa shape index (κ3) is 7.77. The average Bonchev–Trinajstić information content (AvgIpc) is 3.12. The number of hydrogen-bond donors (Lipinski definition) is 0. The molecule has 5 aromatic carbocycles. The van der Waals surface area contributed by atoms with Crippen molar-refractivity contribution < 1.29 is 19.1 Å². The summed E-state index contributed by atoms with van der Waals surface area (Å²) in [5.74, 6) is 1.98. The zero-order valence-electron chi connectivity index (χ0n) is 29.2. The first-order valence-electron chi connectivity index (χ1n) is 16.9. The Morgan fingerprint density at radius 2 is 0.979 bits per heavy atom. The van der Waals surface area contributed by atoms with Crippen LogP contribution in [0.5, 0.6) is 17.2 Å². The Bertz CT molecular complexity index is 1850. The van der Waals surface area contributed by atoms with E-state index in [-0.39, 0.29) is 28.5 Å². The van der Waals surface area contributed by atoms with Gasteiger partial charge in [0, 0.05) is 27.7 Å². The molecule has 0 N–H and O–H groups in total. The highest BCUT2D eigenvalue weighted by molar-refractivity contribution is 6.13. The first-order chi connectivity index (χ1) is 22.9. The highest BCUT2D eigenvalue weighted by Crippen LogP contribution is 2.34. The van der Waals surface area contributed by atoms with E-state index < -0.39 is 0 Å². The van der Waals surface area contributed by atoms with Crippen molar-refractivity contribution in [3.8, 4) is 17.2 Å². The van der Waals surface area contributed by atoms with Gasteiger partial charge in [0.15, 0.2) is 11.6 Å². The number of hydrogen-bond acceptors (Lipinski definition) is 4. The molecule has 48 heavy (non-hydrogen) atoms. The molecule has 0 saturated heterocycles. The number of rotatable bonds is 13. The van der Waals surface area contributed by atoms with Crippen molar-refractivity contribution in [1.29, 1.82) is 0 Å². The Labute approximate surface area is 285 Å². The Balaban J connectivity index is 1.23. The molecule has 5 aromatic rings. The normalized spacial score (nSPS) is 12.3. The molecule has 0 radical (unpaired) electrons. The van der Waals surface area contributed by atoms with E-state index in [4.69, 9.17) is 9.47 Å². The molecular weight excluding hydrogens is 592 g/mol. The molecule has 1 unspecified atom stereocenters. The summed E-state index contributed by atoms with van der Waals surface area (Å²) < 4.78 is 12.1. The van der Waals surface area contributed by atoms with Crippen molar-refractivity contribution in [2.45, 2.75) is 78.2 Å².